The Labute approximate surface area is 116 Å². The molecule has 19 heavy (non-hydrogen) atoms. The van der Waals surface area contributed by atoms with Gasteiger partial charge in [0, 0.05) is 22.9 Å². The summed E-state index contributed by atoms with van der Waals surface area (Å²) in [5.74, 6) is -0.322. The zero-order valence-electron chi connectivity index (χ0n) is 10.3. The summed E-state index contributed by atoms with van der Waals surface area (Å²) in [6.07, 6.45) is 0.762. The third-order valence-corrected chi connectivity index (χ3v) is 4.44. The Morgan fingerprint density at radius 2 is 2.21 bits per heavy atom. The first-order valence-electron chi connectivity index (χ1n) is 5.82. The van der Waals surface area contributed by atoms with Gasteiger partial charge in [0.1, 0.15) is 0 Å². The Morgan fingerprint density at radius 3 is 2.79 bits per heavy atom. The fourth-order valence-electron chi connectivity index (χ4n) is 1.92. The van der Waals surface area contributed by atoms with Crippen LogP contribution >= 0.6 is 10.7 Å². The highest BCUT2D eigenvalue weighted by Gasteiger charge is 2.20. The number of hydrogen-bond acceptors (Lipinski definition) is 4. The lowest BCUT2D eigenvalue weighted by atomic mass is 10.1. The molecule has 0 radical (unpaired) electrons. The Balaban J connectivity index is 2.23. The first-order chi connectivity index (χ1) is 8.88. The molecule has 1 heterocycles. The molecular weight excluding hydrogens is 290 g/mol. The Bertz CT molecular complexity index is 594. The highest BCUT2D eigenvalue weighted by atomic mass is 35.7. The minimum absolute atomic E-state index is 0.0233. The van der Waals surface area contributed by atoms with Gasteiger partial charge in [-0.05, 0) is 31.0 Å². The summed E-state index contributed by atoms with van der Waals surface area (Å²) >= 11 is 0. The second kappa shape index (κ2) is 5.48. The number of aryl methyl sites for hydroxylation is 1. The van der Waals surface area contributed by atoms with Crippen LogP contribution < -0.4 is 5.32 Å². The zero-order chi connectivity index (χ0) is 14.0. The molecule has 0 aromatic heterocycles. The maximum absolute atomic E-state index is 12.0. The molecule has 1 aliphatic rings. The van der Waals surface area contributed by atoms with Gasteiger partial charge in [-0.25, -0.2) is 8.42 Å². The summed E-state index contributed by atoms with van der Waals surface area (Å²) < 4.78 is 27.9. The molecule has 1 saturated heterocycles. The first kappa shape index (κ1) is 14.3. The molecule has 0 bridgehead atoms. The van der Waals surface area contributed by atoms with E-state index < -0.39 is 9.05 Å². The number of nitrogens with one attached hydrogen (secondary N) is 1. The number of carbonyl (C=O) groups is 1. The maximum atomic E-state index is 12.0. The third kappa shape index (κ3) is 3.46. The van der Waals surface area contributed by atoms with Gasteiger partial charge in [0.05, 0.1) is 17.5 Å². The number of benzene rings is 1. The van der Waals surface area contributed by atoms with E-state index in [-0.39, 0.29) is 22.4 Å². The second-order valence-electron chi connectivity index (χ2n) is 4.45. The zero-order valence-corrected chi connectivity index (χ0v) is 11.9. The van der Waals surface area contributed by atoms with Crippen LogP contribution in [0, 0.1) is 6.92 Å². The van der Waals surface area contributed by atoms with E-state index in [1.54, 1.807) is 19.1 Å². The van der Waals surface area contributed by atoms with Crippen LogP contribution in [0.15, 0.2) is 23.1 Å². The molecule has 0 aliphatic carbocycles. The molecule has 0 saturated carbocycles. The smallest absolute Gasteiger partial charge is 0.261 e. The highest BCUT2D eigenvalue weighted by molar-refractivity contribution is 8.13. The van der Waals surface area contributed by atoms with Crippen molar-refractivity contribution in [3.05, 3.63) is 29.3 Å². The average molecular weight is 304 g/mol. The molecule has 1 unspecified atom stereocenters. The highest BCUT2D eigenvalue weighted by Crippen LogP contribution is 2.21. The van der Waals surface area contributed by atoms with Crippen LogP contribution in [0.25, 0.3) is 0 Å². The maximum Gasteiger partial charge on any atom is 0.261 e. The number of amides is 1. The van der Waals surface area contributed by atoms with Gasteiger partial charge in [-0.3, -0.25) is 4.79 Å². The molecule has 1 amide bonds. The average Bonchev–Trinajstić information content (AvgIpc) is 2.80. The summed E-state index contributed by atoms with van der Waals surface area (Å²) in [6, 6.07) is 4.41. The Kier molecular flexibility index (Phi) is 4.13. The van der Waals surface area contributed by atoms with Crippen molar-refractivity contribution in [1.29, 1.82) is 0 Å². The van der Waals surface area contributed by atoms with Crippen molar-refractivity contribution >= 4 is 25.6 Å². The fraction of sp³-hybridized carbons (Fsp3) is 0.417. The standard InChI is InChI=1S/C12H14ClNO4S/c1-8-2-3-9(6-11(8)19(13,16)17)12(15)14-10-4-5-18-7-10/h2-3,6,10H,4-5,7H2,1H3,(H,14,15). The summed E-state index contributed by atoms with van der Waals surface area (Å²) in [7, 11) is 1.48. The van der Waals surface area contributed by atoms with Crippen molar-refractivity contribution in [2.24, 2.45) is 0 Å². The summed E-state index contributed by atoms with van der Waals surface area (Å²) in [5.41, 5.74) is 0.785. The molecule has 5 nitrogen and oxygen atoms in total. The number of ether oxygens (including phenoxy) is 1. The normalized spacial score (nSPS) is 19.4. The molecule has 1 atom stereocenters. The van der Waals surface area contributed by atoms with E-state index in [0.29, 0.717) is 18.8 Å². The van der Waals surface area contributed by atoms with E-state index in [2.05, 4.69) is 5.32 Å². The van der Waals surface area contributed by atoms with E-state index in [0.717, 1.165) is 6.42 Å². The van der Waals surface area contributed by atoms with Gasteiger partial charge >= 0.3 is 0 Å². The van der Waals surface area contributed by atoms with Crippen LogP contribution in [0.3, 0.4) is 0 Å². The van der Waals surface area contributed by atoms with Crippen molar-refractivity contribution in [3.8, 4) is 0 Å². The Hall–Kier alpha value is -1.11. The SMILES string of the molecule is Cc1ccc(C(=O)NC2CCOC2)cc1S(=O)(=O)Cl. The van der Waals surface area contributed by atoms with Crippen molar-refractivity contribution in [2.45, 2.75) is 24.3 Å². The minimum atomic E-state index is -3.85. The topological polar surface area (TPSA) is 72.5 Å². The minimum Gasteiger partial charge on any atom is -0.379 e. The van der Waals surface area contributed by atoms with E-state index in [9.17, 15) is 13.2 Å². The predicted molar refractivity (Wildman–Crippen MR) is 70.9 cm³/mol. The molecule has 1 fully saturated rings. The molecule has 0 spiro atoms. The largest absolute Gasteiger partial charge is 0.379 e. The summed E-state index contributed by atoms with van der Waals surface area (Å²) in [6.45, 7) is 2.74. The van der Waals surface area contributed by atoms with Crippen LogP contribution in [-0.2, 0) is 13.8 Å². The van der Waals surface area contributed by atoms with Gasteiger partial charge in [-0.2, -0.15) is 0 Å². The predicted octanol–water partition coefficient (Wildman–Crippen LogP) is 1.44. The van der Waals surface area contributed by atoms with Crippen LogP contribution in [0.2, 0.25) is 0 Å². The lowest BCUT2D eigenvalue weighted by molar-refractivity contribution is 0.0929. The van der Waals surface area contributed by atoms with Crippen LogP contribution in [0.4, 0.5) is 0 Å². The molecule has 1 N–H and O–H groups in total. The lowest BCUT2D eigenvalue weighted by Gasteiger charge is -2.11. The second-order valence-corrected chi connectivity index (χ2v) is 6.99. The molecular formula is C12H14ClNO4S. The lowest BCUT2D eigenvalue weighted by Crippen LogP contribution is -2.35. The number of rotatable bonds is 3. The van der Waals surface area contributed by atoms with E-state index in [1.807, 2.05) is 0 Å². The van der Waals surface area contributed by atoms with Gasteiger partial charge < -0.3 is 10.1 Å². The molecule has 1 aliphatic heterocycles. The molecule has 1 aromatic rings. The number of carbonyl (C=O) groups excluding carboxylic acids is 1. The van der Waals surface area contributed by atoms with Gasteiger partial charge in [-0.1, -0.05) is 6.07 Å². The van der Waals surface area contributed by atoms with Crippen LogP contribution in [0.1, 0.15) is 22.3 Å². The molecule has 1 aromatic carbocycles. The summed E-state index contributed by atoms with van der Waals surface area (Å²) in [5, 5.41) is 2.79. The van der Waals surface area contributed by atoms with E-state index in [4.69, 9.17) is 15.4 Å². The molecule has 2 rings (SSSR count). The number of halogens is 1. The van der Waals surface area contributed by atoms with Gasteiger partial charge in [0.2, 0.25) is 0 Å². The van der Waals surface area contributed by atoms with Gasteiger partial charge in [-0.15, -0.1) is 0 Å². The van der Waals surface area contributed by atoms with Crippen molar-refractivity contribution in [1.82, 2.24) is 5.32 Å². The summed E-state index contributed by atoms with van der Waals surface area (Å²) in [4.78, 5) is 11.9. The monoisotopic (exact) mass is 303 g/mol. The van der Waals surface area contributed by atoms with Crippen LogP contribution in [-0.4, -0.2) is 33.6 Å². The van der Waals surface area contributed by atoms with Crippen molar-refractivity contribution < 1.29 is 17.9 Å². The van der Waals surface area contributed by atoms with Crippen LogP contribution in [0.5, 0.6) is 0 Å². The third-order valence-electron chi connectivity index (χ3n) is 2.98. The number of hydrogen-bond donors (Lipinski definition) is 1. The quantitative estimate of drug-likeness (QED) is 0.858. The van der Waals surface area contributed by atoms with Gasteiger partial charge in [0.25, 0.3) is 15.0 Å². The Morgan fingerprint density at radius 1 is 1.47 bits per heavy atom. The van der Waals surface area contributed by atoms with E-state index in [1.165, 1.54) is 6.07 Å². The van der Waals surface area contributed by atoms with Crippen molar-refractivity contribution in [2.75, 3.05) is 13.2 Å². The molecule has 7 heteroatoms. The molecule has 104 valence electrons. The first-order valence-corrected chi connectivity index (χ1v) is 8.13. The van der Waals surface area contributed by atoms with Crippen molar-refractivity contribution in [3.63, 3.8) is 0 Å². The van der Waals surface area contributed by atoms with Gasteiger partial charge in [0.15, 0.2) is 0 Å². The van der Waals surface area contributed by atoms with E-state index >= 15 is 0 Å². The fourth-order valence-corrected chi connectivity index (χ4v) is 3.14.